The van der Waals surface area contributed by atoms with E-state index >= 15 is 0 Å². The summed E-state index contributed by atoms with van der Waals surface area (Å²) in [6, 6.07) is 10.8. The molecule has 0 spiro atoms. The number of amides is 1. The molecule has 3 rings (SSSR count). The molecule has 1 aliphatic heterocycles. The molecule has 2 aromatic rings. The number of thiophene rings is 1. The van der Waals surface area contributed by atoms with Crippen molar-refractivity contribution in [2.24, 2.45) is 0 Å². The number of carbonyl (C=O) groups excluding carboxylic acids is 1. The lowest BCUT2D eigenvalue weighted by Crippen LogP contribution is -2.30. The van der Waals surface area contributed by atoms with Gasteiger partial charge in [0.1, 0.15) is 0 Å². The van der Waals surface area contributed by atoms with Crippen molar-refractivity contribution in [2.45, 2.75) is 18.9 Å². The van der Waals surface area contributed by atoms with E-state index in [2.05, 4.69) is 10.8 Å². The molecule has 1 fully saturated rings. The number of nitrogens with zero attached hydrogens (tertiary/aromatic N) is 1. The highest BCUT2D eigenvalue weighted by atomic mass is 32.2. The van der Waals surface area contributed by atoms with E-state index in [1.807, 2.05) is 16.3 Å². The lowest BCUT2D eigenvalue weighted by atomic mass is 10.1. The third kappa shape index (κ3) is 3.73. The number of anilines is 1. The fourth-order valence-corrected chi connectivity index (χ4v) is 4.31. The molecule has 1 amide bonds. The van der Waals surface area contributed by atoms with Gasteiger partial charge in [0.25, 0.3) is 5.91 Å². The highest BCUT2D eigenvalue weighted by molar-refractivity contribution is 7.92. The molecule has 5 nitrogen and oxygen atoms in total. The van der Waals surface area contributed by atoms with Crippen LogP contribution in [0.15, 0.2) is 41.8 Å². The summed E-state index contributed by atoms with van der Waals surface area (Å²) in [5, 5.41) is 2.02. The highest BCUT2D eigenvalue weighted by Crippen LogP contribution is 2.35. The quantitative estimate of drug-likeness (QED) is 0.921. The first-order valence-electron chi connectivity index (χ1n) is 7.36. The Morgan fingerprint density at radius 2 is 2.13 bits per heavy atom. The summed E-state index contributed by atoms with van der Waals surface area (Å²) in [5.74, 6) is -0.0574. The van der Waals surface area contributed by atoms with E-state index < -0.39 is 10.0 Å². The summed E-state index contributed by atoms with van der Waals surface area (Å²) in [4.78, 5) is 15.9. The van der Waals surface area contributed by atoms with Gasteiger partial charge in [0.05, 0.1) is 12.3 Å². The Bertz CT molecular complexity index is 800. The number of hydrogen-bond donors (Lipinski definition) is 1. The van der Waals surface area contributed by atoms with E-state index in [1.54, 1.807) is 35.6 Å². The number of sulfonamides is 1. The maximum absolute atomic E-state index is 12.8. The van der Waals surface area contributed by atoms with Crippen LogP contribution in [0.2, 0.25) is 0 Å². The van der Waals surface area contributed by atoms with Crippen LogP contribution in [0.4, 0.5) is 5.69 Å². The summed E-state index contributed by atoms with van der Waals surface area (Å²) >= 11 is 1.66. The smallest absolute Gasteiger partial charge is 0.254 e. The van der Waals surface area contributed by atoms with Crippen molar-refractivity contribution in [3.8, 4) is 0 Å². The SMILES string of the molecule is CS(=O)(=O)Nc1cccc(C(=O)N2CCC[C@H]2c2cccs2)c1. The molecule has 1 aliphatic rings. The van der Waals surface area contributed by atoms with Crippen LogP contribution in [0.1, 0.15) is 34.1 Å². The molecule has 0 radical (unpaired) electrons. The van der Waals surface area contributed by atoms with Crippen molar-refractivity contribution < 1.29 is 13.2 Å². The molecule has 7 heteroatoms. The molecule has 1 aromatic heterocycles. The van der Waals surface area contributed by atoms with Crippen LogP contribution in [-0.2, 0) is 10.0 Å². The molecule has 1 aromatic carbocycles. The minimum atomic E-state index is -3.36. The molecule has 1 N–H and O–H groups in total. The average molecular weight is 350 g/mol. The van der Waals surface area contributed by atoms with Gasteiger partial charge >= 0.3 is 0 Å². The lowest BCUT2D eigenvalue weighted by Gasteiger charge is -2.24. The second-order valence-electron chi connectivity index (χ2n) is 5.63. The van der Waals surface area contributed by atoms with Gasteiger partial charge in [-0.05, 0) is 42.5 Å². The number of nitrogens with one attached hydrogen (secondary N) is 1. The second-order valence-corrected chi connectivity index (χ2v) is 8.35. The number of benzene rings is 1. The van der Waals surface area contributed by atoms with Crippen LogP contribution >= 0.6 is 11.3 Å². The second kappa shape index (κ2) is 6.33. The third-order valence-corrected chi connectivity index (χ3v) is 5.38. The fourth-order valence-electron chi connectivity index (χ4n) is 2.88. The third-order valence-electron chi connectivity index (χ3n) is 3.80. The molecule has 2 heterocycles. The maximum Gasteiger partial charge on any atom is 0.254 e. The number of hydrogen-bond acceptors (Lipinski definition) is 4. The van der Waals surface area contributed by atoms with Crippen molar-refractivity contribution in [1.82, 2.24) is 4.90 Å². The minimum absolute atomic E-state index is 0.0574. The summed E-state index contributed by atoms with van der Waals surface area (Å²) in [7, 11) is -3.36. The Labute approximate surface area is 140 Å². The molecule has 0 aliphatic carbocycles. The summed E-state index contributed by atoms with van der Waals surface area (Å²) < 4.78 is 25.1. The van der Waals surface area contributed by atoms with Crippen LogP contribution < -0.4 is 4.72 Å². The van der Waals surface area contributed by atoms with Gasteiger partial charge in [0, 0.05) is 22.7 Å². The molecule has 1 atom stereocenters. The molecule has 1 saturated heterocycles. The summed E-state index contributed by atoms with van der Waals surface area (Å²) in [5.41, 5.74) is 0.910. The van der Waals surface area contributed by atoms with Crippen LogP contribution in [0.25, 0.3) is 0 Å². The minimum Gasteiger partial charge on any atom is -0.331 e. The van der Waals surface area contributed by atoms with E-state index in [0.29, 0.717) is 11.3 Å². The van der Waals surface area contributed by atoms with Crippen LogP contribution in [0.5, 0.6) is 0 Å². The van der Waals surface area contributed by atoms with E-state index in [-0.39, 0.29) is 11.9 Å². The van der Waals surface area contributed by atoms with Gasteiger partial charge < -0.3 is 4.90 Å². The van der Waals surface area contributed by atoms with E-state index in [4.69, 9.17) is 0 Å². The average Bonchev–Trinajstić information content (AvgIpc) is 3.15. The first kappa shape index (κ1) is 16.0. The maximum atomic E-state index is 12.8. The van der Waals surface area contributed by atoms with Crippen molar-refractivity contribution in [3.63, 3.8) is 0 Å². The number of likely N-dealkylation sites (tertiary alicyclic amines) is 1. The van der Waals surface area contributed by atoms with Crippen LogP contribution in [0.3, 0.4) is 0 Å². The Kier molecular flexibility index (Phi) is 4.41. The molecule has 122 valence electrons. The molecule has 0 bridgehead atoms. The lowest BCUT2D eigenvalue weighted by molar-refractivity contribution is 0.0738. The van der Waals surface area contributed by atoms with Crippen LogP contribution in [-0.4, -0.2) is 32.0 Å². The van der Waals surface area contributed by atoms with Crippen molar-refractivity contribution >= 4 is 33.0 Å². The number of rotatable bonds is 4. The Balaban J connectivity index is 1.84. The van der Waals surface area contributed by atoms with E-state index in [9.17, 15) is 13.2 Å². The Morgan fingerprint density at radius 1 is 1.30 bits per heavy atom. The monoisotopic (exact) mass is 350 g/mol. The van der Waals surface area contributed by atoms with Gasteiger partial charge in [-0.1, -0.05) is 12.1 Å². The Morgan fingerprint density at radius 3 is 2.83 bits per heavy atom. The van der Waals surface area contributed by atoms with Crippen molar-refractivity contribution in [3.05, 3.63) is 52.2 Å². The Hall–Kier alpha value is -1.86. The van der Waals surface area contributed by atoms with Crippen LogP contribution in [0, 0.1) is 0 Å². The fraction of sp³-hybridized carbons (Fsp3) is 0.312. The zero-order chi connectivity index (χ0) is 16.4. The molecule has 0 unspecified atom stereocenters. The predicted molar refractivity (Wildman–Crippen MR) is 92.2 cm³/mol. The van der Waals surface area contributed by atoms with Gasteiger partial charge in [-0.25, -0.2) is 8.42 Å². The molecular formula is C16H18N2O3S2. The topological polar surface area (TPSA) is 66.5 Å². The van der Waals surface area contributed by atoms with Gasteiger partial charge in [0.2, 0.25) is 10.0 Å². The standard InChI is InChI=1S/C16H18N2O3S2/c1-23(20,21)17-13-6-2-5-12(11-13)16(19)18-9-3-7-14(18)15-8-4-10-22-15/h2,4-6,8,10-11,14,17H,3,7,9H2,1H3/t14-/m0/s1. The van der Waals surface area contributed by atoms with E-state index in [0.717, 1.165) is 25.6 Å². The largest absolute Gasteiger partial charge is 0.331 e. The normalized spacial score (nSPS) is 18.1. The van der Waals surface area contributed by atoms with Gasteiger partial charge in [0.15, 0.2) is 0 Å². The van der Waals surface area contributed by atoms with Gasteiger partial charge in [-0.15, -0.1) is 11.3 Å². The first-order chi connectivity index (χ1) is 10.9. The number of carbonyl (C=O) groups is 1. The van der Waals surface area contributed by atoms with Gasteiger partial charge in [-0.2, -0.15) is 0 Å². The van der Waals surface area contributed by atoms with Crippen molar-refractivity contribution in [2.75, 3.05) is 17.5 Å². The summed E-state index contributed by atoms with van der Waals surface area (Å²) in [6.45, 7) is 0.727. The highest BCUT2D eigenvalue weighted by Gasteiger charge is 2.31. The zero-order valence-electron chi connectivity index (χ0n) is 12.7. The predicted octanol–water partition coefficient (Wildman–Crippen LogP) is 3.10. The van der Waals surface area contributed by atoms with Gasteiger partial charge in [-0.3, -0.25) is 9.52 Å². The summed E-state index contributed by atoms with van der Waals surface area (Å²) in [6.07, 6.45) is 3.04. The van der Waals surface area contributed by atoms with E-state index in [1.165, 1.54) is 4.88 Å². The zero-order valence-corrected chi connectivity index (χ0v) is 14.4. The molecular weight excluding hydrogens is 332 g/mol. The first-order valence-corrected chi connectivity index (χ1v) is 10.1. The van der Waals surface area contributed by atoms with Crippen molar-refractivity contribution in [1.29, 1.82) is 0 Å². The molecule has 23 heavy (non-hydrogen) atoms. The molecule has 0 saturated carbocycles.